The number of carbonyl (C=O) groups excluding carboxylic acids is 2. The Kier molecular flexibility index (Phi) is 8.71. The smallest absolute Gasteiger partial charge is 0.409 e. The van der Waals surface area contributed by atoms with Crippen LogP contribution in [0.2, 0.25) is 0 Å². The summed E-state index contributed by atoms with van der Waals surface area (Å²) in [6.45, 7) is 5.98. The van der Waals surface area contributed by atoms with Crippen molar-refractivity contribution in [2.45, 2.75) is 31.6 Å². The van der Waals surface area contributed by atoms with Crippen molar-refractivity contribution >= 4 is 22.0 Å². The van der Waals surface area contributed by atoms with Gasteiger partial charge in [0.05, 0.1) is 11.5 Å². The van der Waals surface area contributed by atoms with Gasteiger partial charge in [-0.05, 0) is 37.6 Å². The summed E-state index contributed by atoms with van der Waals surface area (Å²) in [6, 6.07) is 5.96. The van der Waals surface area contributed by atoms with Crippen LogP contribution in [0, 0.1) is 0 Å². The van der Waals surface area contributed by atoms with E-state index in [0.717, 1.165) is 12.8 Å². The molecule has 1 aromatic rings. The summed E-state index contributed by atoms with van der Waals surface area (Å²) in [5.74, 6) is 0.224. The van der Waals surface area contributed by atoms with E-state index in [0.29, 0.717) is 45.1 Å². The molecule has 1 fully saturated rings. The minimum absolute atomic E-state index is 0.153. The lowest BCUT2D eigenvalue weighted by atomic mass is 10.3. The summed E-state index contributed by atoms with van der Waals surface area (Å²) in [7, 11) is -3.54. The maximum absolute atomic E-state index is 12.3. The van der Waals surface area contributed by atoms with Gasteiger partial charge in [0, 0.05) is 32.7 Å². The third-order valence-corrected chi connectivity index (χ3v) is 5.95. The summed E-state index contributed by atoms with van der Waals surface area (Å²) in [6.07, 6.45) is 1.31. The number of unbranched alkanes of at least 4 members (excludes halogenated alkanes) is 1. The van der Waals surface area contributed by atoms with Crippen LogP contribution in [0.15, 0.2) is 29.2 Å². The second kappa shape index (κ2) is 11.0. The molecule has 2 amide bonds. The van der Waals surface area contributed by atoms with Crippen molar-refractivity contribution in [2.75, 3.05) is 45.9 Å². The van der Waals surface area contributed by atoms with Gasteiger partial charge in [-0.2, -0.15) is 0 Å². The Morgan fingerprint density at radius 1 is 1.03 bits per heavy atom. The molecule has 0 saturated carbocycles. The Hall–Kier alpha value is -2.33. The predicted molar refractivity (Wildman–Crippen MR) is 107 cm³/mol. The van der Waals surface area contributed by atoms with E-state index in [1.165, 1.54) is 24.3 Å². The number of hydrogen-bond donors (Lipinski definition) is 1. The van der Waals surface area contributed by atoms with Crippen molar-refractivity contribution in [3.8, 4) is 5.75 Å². The molecule has 0 atom stereocenters. The van der Waals surface area contributed by atoms with Crippen molar-refractivity contribution in [2.24, 2.45) is 0 Å². The molecule has 1 heterocycles. The number of amides is 2. The first-order valence-corrected chi connectivity index (χ1v) is 11.3. The van der Waals surface area contributed by atoms with Crippen molar-refractivity contribution in [3.05, 3.63) is 24.3 Å². The number of sulfonamides is 1. The molecule has 0 radical (unpaired) electrons. The molecule has 1 aliphatic heterocycles. The number of carbonyl (C=O) groups is 2. The molecule has 162 valence electrons. The highest BCUT2D eigenvalue weighted by Gasteiger charge is 2.25. The van der Waals surface area contributed by atoms with E-state index < -0.39 is 10.0 Å². The Morgan fingerprint density at radius 3 is 2.24 bits per heavy atom. The zero-order chi connectivity index (χ0) is 21.3. The monoisotopic (exact) mass is 427 g/mol. The van der Waals surface area contributed by atoms with Crippen molar-refractivity contribution in [1.29, 1.82) is 0 Å². The van der Waals surface area contributed by atoms with Crippen LogP contribution >= 0.6 is 0 Å². The minimum atomic E-state index is -3.54. The fraction of sp³-hybridized carbons (Fsp3) is 0.579. The topological polar surface area (TPSA) is 105 Å². The lowest BCUT2D eigenvalue weighted by Gasteiger charge is -2.33. The van der Waals surface area contributed by atoms with Gasteiger partial charge >= 0.3 is 6.09 Å². The van der Waals surface area contributed by atoms with Crippen molar-refractivity contribution in [1.82, 2.24) is 14.5 Å². The molecular formula is C19H29N3O6S. The summed E-state index contributed by atoms with van der Waals surface area (Å²) < 4.78 is 37.3. The normalized spacial score (nSPS) is 14.6. The van der Waals surface area contributed by atoms with Crippen LogP contribution < -0.4 is 9.46 Å². The average Bonchev–Trinajstić information content (AvgIpc) is 2.72. The lowest BCUT2D eigenvalue weighted by Crippen LogP contribution is -2.51. The quantitative estimate of drug-likeness (QED) is 0.598. The van der Waals surface area contributed by atoms with Crippen LogP contribution in [-0.4, -0.2) is 76.2 Å². The van der Waals surface area contributed by atoms with Crippen LogP contribution in [0.1, 0.15) is 26.7 Å². The molecule has 29 heavy (non-hydrogen) atoms. The van der Waals surface area contributed by atoms with E-state index in [2.05, 4.69) is 4.72 Å². The molecule has 0 bridgehead atoms. The van der Waals surface area contributed by atoms with Crippen molar-refractivity contribution < 1.29 is 27.5 Å². The highest BCUT2D eigenvalue weighted by Crippen LogP contribution is 2.16. The summed E-state index contributed by atoms with van der Waals surface area (Å²) in [4.78, 5) is 27.3. The number of hydrogen-bond acceptors (Lipinski definition) is 6. The molecule has 1 aliphatic rings. The molecule has 0 aromatic heterocycles. The molecule has 0 unspecified atom stereocenters. The highest BCUT2D eigenvalue weighted by atomic mass is 32.2. The average molecular weight is 428 g/mol. The maximum Gasteiger partial charge on any atom is 0.409 e. The molecule has 1 aromatic carbocycles. The molecule has 0 aliphatic carbocycles. The number of ether oxygens (including phenoxy) is 2. The van der Waals surface area contributed by atoms with E-state index in [9.17, 15) is 18.0 Å². The Bertz CT molecular complexity index is 774. The van der Waals surface area contributed by atoms with Gasteiger partial charge in [0.15, 0.2) is 6.61 Å². The third-order valence-electron chi connectivity index (χ3n) is 4.48. The van der Waals surface area contributed by atoms with E-state index in [-0.39, 0.29) is 23.5 Å². The number of benzene rings is 1. The predicted octanol–water partition coefficient (Wildman–Crippen LogP) is 1.44. The van der Waals surface area contributed by atoms with Gasteiger partial charge in [-0.25, -0.2) is 17.9 Å². The minimum Gasteiger partial charge on any atom is -0.484 e. The van der Waals surface area contributed by atoms with E-state index in [1.807, 2.05) is 6.92 Å². The zero-order valence-corrected chi connectivity index (χ0v) is 17.7. The molecule has 1 saturated heterocycles. The molecule has 9 nitrogen and oxygen atoms in total. The Labute approximate surface area is 172 Å². The number of piperazine rings is 1. The maximum atomic E-state index is 12.3. The highest BCUT2D eigenvalue weighted by molar-refractivity contribution is 7.89. The van der Waals surface area contributed by atoms with Crippen LogP contribution in [0.3, 0.4) is 0 Å². The summed E-state index contributed by atoms with van der Waals surface area (Å²) in [5.41, 5.74) is 0. The lowest BCUT2D eigenvalue weighted by molar-refractivity contribution is -0.134. The Morgan fingerprint density at radius 2 is 1.66 bits per heavy atom. The van der Waals surface area contributed by atoms with Gasteiger partial charge in [-0.3, -0.25) is 4.79 Å². The first kappa shape index (κ1) is 23.0. The van der Waals surface area contributed by atoms with Crippen LogP contribution in [0.25, 0.3) is 0 Å². The Balaban J connectivity index is 1.80. The molecule has 1 N–H and O–H groups in total. The zero-order valence-electron chi connectivity index (χ0n) is 16.9. The number of nitrogens with one attached hydrogen (secondary N) is 1. The van der Waals surface area contributed by atoms with E-state index in [1.54, 1.807) is 16.7 Å². The first-order chi connectivity index (χ1) is 13.9. The molecule has 10 heteroatoms. The fourth-order valence-corrected chi connectivity index (χ4v) is 3.85. The van der Waals surface area contributed by atoms with Gasteiger partial charge in [0.25, 0.3) is 5.91 Å². The van der Waals surface area contributed by atoms with Gasteiger partial charge in [0.2, 0.25) is 10.0 Å². The van der Waals surface area contributed by atoms with Gasteiger partial charge in [0.1, 0.15) is 5.75 Å². The van der Waals surface area contributed by atoms with Gasteiger partial charge < -0.3 is 19.3 Å². The molecular weight excluding hydrogens is 398 g/mol. The van der Waals surface area contributed by atoms with Crippen LogP contribution in [-0.2, 0) is 19.6 Å². The summed E-state index contributed by atoms with van der Waals surface area (Å²) >= 11 is 0. The van der Waals surface area contributed by atoms with E-state index >= 15 is 0 Å². The van der Waals surface area contributed by atoms with Crippen LogP contribution in [0.4, 0.5) is 4.79 Å². The fourth-order valence-electron chi connectivity index (χ4n) is 2.77. The molecule has 0 spiro atoms. The van der Waals surface area contributed by atoms with Gasteiger partial charge in [-0.1, -0.05) is 13.3 Å². The first-order valence-electron chi connectivity index (χ1n) is 9.79. The van der Waals surface area contributed by atoms with Crippen molar-refractivity contribution in [3.63, 3.8) is 0 Å². The van der Waals surface area contributed by atoms with Gasteiger partial charge in [-0.15, -0.1) is 0 Å². The number of rotatable bonds is 9. The largest absolute Gasteiger partial charge is 0.484 e. The van der Waals surface area contributed by atoms with Crippen LogP contribution in [0.5, 0.6) is 5.75 Å². The number of nitrogens with zero attached hydrogens (tertiary/aromatic N) is 2. The van der Waals surface area contributed by atoms with E-state index in [4.69, 9.17) is 9.47 Å². The molecule has 2 rings (SSSR count). The second-order valence-electron chi connectivity index (χ2n) is 6.58. The third kappa shape index (κ3) is 6.90. The SMILES string of the molecule is CCCCNS(=O)(=O)c1ccc(OCC(=O)N2CCN(C(=O)OCC)CC2)cc1. The standard InChI is InChI=1S/C19H29N3O6S/c1-3-5-10-20-29(25,26)17-8-6-16(7-9-17)28-15-18(23)21-11-13-22(14-12-21)19(24)27-4-2/h6-9,20H,3-5,10-15H2,1-2H3. The summed E-state index contributed by atoms with van der Waals surface area (Å²) in [5, 5.41) is 0. The second-order valence-corrected chi connectivity index (χ2v) is 8.35.